The molecular formula is C13H17NO3. The van der Waals surface area contributed by atoms with Crippen molar-refractivity contribution in [3.63, 3.8) is 0 Å². The zero-order chi connectivity index (χ0) is 12.1. The molecule has 2 atom stereocenters. The Morgan fingerprint density at radius 3 is 2.82 bits per heavy atom. The van der Waals surface area contributed by atoms with Gasteiger partial charge in [-0.25, -0.2) is 0 Å². The first-order valence-corrected chi connectivity index (χ1v) is 5.82. The SMILES string of the molecule is N[C@@H](COCc1ccccc1)[C@H]1CCC(=O)O1. The van der Waals surface area contributed by atoms with E-state index in [0.717, 1.165) is 5.56 Å². The van der Waals surface area contributed by atoms with Crippen molar-refractivity contribution in [3.05, 3.63) is 35.9 Å². The third-order valence-electron chi connectivity index (χ3n) is 2.82. The summed E-state index contributed by atoms with van der Waals surface area (Å²) in [4.78, 5) is 10.9. The molecule has 1 fully saturated rings. The van der Waals surface area contributed by atoms with Crippen LogP contribution in [0.25, 0.3) is 0 Å². The first-order chi connectivity index (χ1) is 8.25. The van der Waals surface area contributed by atoms with Crippen LogP contribution in [-0.2, 0) is 20.9 Å². The molecule has 1 aromatic rings. The standard InChI is InChI=1S/C13H17NO3/c14-11(12-6-7-13(15)17-12)9-16-8-10-4-2-1-3-5-10/h1-5,11-12H,6-9,14H2/t11-,12+/m0/s1. The Balaban J connectivity index is 1.70. The fourth-order valence-electron chi connectivity index (χ4n) is 1.84. The molecule has 1 saturated heterocycles. The van der Waals surface area contributed by atoms with Gasteiger partial charge in [-0.05, 0) is 12.0 Å². The highest BCUT2D eigenvalue weighted by Gasteiger charge is 2.28. The molecule has 0 amide bonds. The number of carbonyl (C=O) groups is 1. The fourth-order valence-corrected chi connectivity index (χ4v) is 1.84. The largest absolute Gasteiger partial charge is 0.461 e. The highest BCUT2D eigenvalue weighted by atomic mass is 16.6. The minimum atomic E-state index is -0.231. The van der Waals surface area contributed by atoms with E-state index >= 15 is 0 Å². The van der Waals surface area contributed by atoms with Gasteiger partial charge in [-0.15, -0.1) is 0 Å². The summed E-state index contributed by atoms with van der Waals surface area (Å²) in [5.74, 6) is -0.159. The molecule has 4 nitrogen and oxygen atoms in total. The Kier molecular flexibility index (Phi) is 4.12. The van der Waals surface area contributed by atoms with Gasteiger partial charge in [0.05, 0.1) is 19.3 Å². The maximum absolute atomic E-state index is 10.9. The molecule has 0 aromatic heterocycles. The quantitative estimate of drug-likeness (QED) is 0.780. The van der Waals surface area contributed by atoms with Crippen LogP contribution in [0.3, 0.4) is 0 Å². The van der Waals surface area contributed by atoms with Crippen LogP contribution in [0.15, 0.2) is 30.3 Å². The van der Waals surface area contributed by atoms with Crippen LogP contribution >= 0.6 is 0 Å². The molecule has 1 heterocycles. The van der Waals surface area contributed by atoms with E-state index in [0.29, 0.717) is 26.1 Å². The van der Waals surface area contributed by atoms with Crippen LogP contribution in [0.4, 0.5) is 0 Å². The fraction of sp³-hybridized carbons (Fsp3) is 0.462. The number of hydrogen-bond donors (Lipinski definition) is 1. The van der Waals surface area contributed by atoms with Crippen LogP contribution in [0.2, 0.25) is 0 Å². The summed E-state index contributed by atoms with van der Waals surface area (Å²) >= 11 is 0. The van der Waals surface area contributed by atoms with E-state index in [1.807, 2.05) is 30.3 Å². The predicted molar refractivity (Wildman–Crippen MR) is 63.2 cm³/mol. The summed E-state index contributed by atoms with van der Waals surface area (Å²) in [6, 6.07) is 9.68. The van der Waals surface area contributed by atoms with Crippen molar-refractivity contribution in [1.29, 1.82) is 0 Å². The molecular weight excluding hydrogens is 218 g/mol. The van der Waals surface area contributed by atoms with Crippen molar-refractivity contribution in [2.24, 2.45) is 5.73 Å². The minimum Gasteiger partial charge on any atom is -0.461 e. The van der Waals surface area contributed by atoms with Gasteiger partial charge >= 0.3 is 5.97 Å². The molecule has 0 bridgehead atoms. The smallest absolute Gasteiger partial charge is 0.306 e. The van der Waals surface area contributed by atoms with Gasteiger partial charge < -0.3 is 15.2 Å². The Labute approximate surface area is 101 Å². The van der Waals surface area contributed by atoms with Crippen molar-refractivity contribution in [2.75, 3.05) is 6.61 Å². The zero-order valence-corrected chi connectivity index (χ0v) is 9.67. The lowest BCUT2D eigenvalue weighted by Gasteiger charge is -2.17. The number of nitrogens with two attached hydrogens (primary N) is 1. The van der Waals surface area contributed by atoms with Crippen LogP contribution in [0.5, 0.6) is 0 Å². The van der Waals surface area contributed by atoms with Crippen molar-refractivity contribution >= 4 is 5.97 Å². The summed E-state index contributed by atoms with van der Waals surface area (Å²) in [5, 5.41) is 0. The second-order valence-corrected chi connectivity index (χ2v) is 4.23. The van der Waals surface area contributed by atoms with Gasteiger partial charge in [0.25, 0.3) is 0 Å². The topological polar surface area (TPSA) is 61.5 Å². The Hall–Kier alpha value is -1.39. The van der Waals surface area contributed by atoms with E-state index < -0.39 is 0 Å². The molecule has 4 heteroatoms. The number of rotatable bonds is 5. The molecule has 1 aliphatic heterocycles. The third kappa shape index (κ3) is 3.54. The molecule has 17 heavy (non-hydrogen) atoms. The monoisotopic (exact) mass is 235 g/mol. The third-order valence-corrected chi connectivity index (χ3v) is 2.82. The molecule has 0 radical (unpaired) electrons. The molecule has 0 unspecified atom stereocenters. The Morgan fingerprint density at radius 2 is 2.18 bits per heavy atom. The average molecular weight is 235 g/mol. The molecule has 2 rings (SSSR count). The summed E-state index contributed by atoms with van der Waals surface area (Å²) in [5.41, 5.74) is 7.02. The average Bonchev–Trinajstić information content (AvgIpc) is 2.77. The van der Waals surface area contributed by atoms with Crippen LogP contribution in [0, 0.1) is 0 Å². The zero-order valence-electron chi connectivity index (χ0n) is 9.67. The summed E-state index contributed by atoms with van der Waals surface area (Å²) in [7, 11) is 0. The number of carbonyl (C=O) groups excluding carboxylic acids is 1. The molecule has 0 spiro atoms. The van der Waals surface area contributed by atoms with Gasteiger partial charge in [-0.3, -0.25) is 4.79 Å². The van der Waals surface area contributed by atoms with Gasteiger partial charge in [0.15, 0.2) is 0 Å². The molecule has 1 aromatic carbocycles. The number of hydrogen-bond acceptors (Lipinski definition) is 4. The number of esters is 1. The highest BCUT2D eigenvalue weighted by molar-refractivity contribution is 5.71. The molecule has 0 aliphatic carbocycles. The second kappa shape index (κ2) is 5.80. The van der Waals surface area contributed by atoms with Crippen LogP contribution in [-0.4, -0.2) is 24.7 Å². The van der Waals surface area contributed by atoms with Crippen molar-refractivity contribution in [3.8, 4) is 0 Å². The second-order valence-electron chi connectivity index (χ2n) is 4.23. The Bertz CT molecular complexity index is 366. The minimum absolute atomic E-state index is 0.159. The maximum atomic E-state index is 10.9. The lowest BCUT2D eigenvalue weighted by Crippen LogP contribution is -2.38. The number of benzene rings is 1. The maximum Gasteiger partial charge on any atom is 0.306 e. The van der Waals surface area contributed by atoms with Crippen molar-refractivity contribution in [1.82, 2.24) is 0 Å². The van der Waals surface area contributed by atoms with E-state index in [1.54, 1.807) is 0 Å². The molecule has 1 aliphatic rings. The summed E-state index contributed by atoms with van der Waals surface area (Å²) < 4.78 is 10.6. The van der Waals surface area contributed by atoms with Gasteiger partial charge in [-0.2, -0.15) is 0 Å². The normalized spacial score (nSPS) is 21.2. The summed E-state index contributed by atoms with van der Waals surface area (Å²) in [6.07, 6.45) is 0.990. The van der Waals surface area contributed by atoms with E-state index in [9.17, 15) is 4.79 Å². The number of cyclic esters (lactones) is 1. The first kappa shape index (κ1) is 12.1. The van der Waals surface area contributed by atoms with E-state index in [4.69, 9.17) is 15.2 Å². The summed E-state index contributed by atoms with van der Waals surface area (Å²) in [6.45, 7) is 0.946. The van der Waals surface area contributed by atoms with Crippen LogP contribution in [0.1, 0.15) is 18.4 Å². The highest BCUT2D eigenvalue weighted by Crippen LogP contribution is 2.16. The molecule has 0 saturated carbocycles. The van der Waals surface area contributed by atoms with Crippen molar-refractivity contribution < 1.29 is 14.3 Å². The van der Waals surface area contributed by atoms with E-state index in [2.05, 4.69) is 0 Å². The van der Waals surface area contributed by atoms with Crippen LogP contribution < -0.4 is 5.73 Å². The van der Waals surface area contributed by atoms with Crippen molar-refractivity contribution in [2.45, 2.75) is 31.6 Å². The molecule has 92 valence electrons. The number of ether oxygens (including phenoxy) is 2. The Morgan fingerprint density at radius 1 is 1.41 bits per heavy atom. The van der Waals surface area contributed by atoms with Gasteiger partial charge in [-0.1, -0.05) is 30.3 Å². The first-order valence-electron chi connectivity index (χ1n) is 5.82. The van der Waals surface area contributed by atoms with E-state index in [1.165, 1.54) is 0 Å². The van der Waals surface area contributed by atoms with Gasteiger partial charge in [0, 0.05) is 6.42 Å². The molecule has 2 N–H and O–H groups in total. The van der Waals surface area contributed by atoms with Gasteiger partial charge in [0.2, 0.25) is 0 Å². The predicted octanol–water partition coefficient (Wildman–Crippen LogP) is 1.24. The van der Waals surface area contributed by atoms with E-state index in [-0.39, 0.29) is 18.1 Å². The lowest BCUT2D eigenvalue weighted by molar-refractivity contribution is -0.142. The lowest BCUT2D eigenvalue weighted by atomic mass is 10.1. The van der Waals surface area contributed by atoms with Gasteiger partial charge in [0.1, 0.15) is 6.10 Å².